The number of carbonyl (C=O) groups is 1. The standard InChI is InChI=1S/C18H23NO4S/c1-17(6-7-17)15-5-3-2-4-14(15)16(20)19-9-10-23-18(12-19)8-11-24(21,22)13-18/h2-5H,6-13H2,1H3. The van der Waals surface area contributed by atoms with E-state index in [0.29, 0.717) is 26.1 Å². The Morgan fingerprint density at radius 3 is 2.62 bits per heavy atom. The number of nitrogens with zero attached hydrogens (tertiary/aromatic N) is 1. The minimum absolute atomic E-state index is 0.00528. The Morgan fingerprint density at radius 2 is 1.96 bits per heavy atom. The van der Waals surface area contributed by atoms with Crippen molar-refractivity contribution in [2.75, 3.05) is 31.2 Å². The van der Waals surface area contributed by atoms with Gasteiger partial charge >= 0.3 is 0 Å². The molecule has 0 radical (unpaired) electrons. The molecule has 1 unspecified atom stereocenters. The lowest BCUT2D eigenvalue weighted by atomic mass is 9.92. The Labute approximate surface area is 142 Å². The van der Waals surface area contributed by atoms with Crippen LogP contribution in [0, 0.1) is 0 Å². The van der Waals surface area contributed by atoms with Crippen LogP contribution >= 0.6 is 0 Å². The third kappa shape index (κ3) is 2.75. The number of hydrogen-bond donors (Lipinski definition) is 0. The highest BCUT2D eigenvalue weighted by Gasteiger charge is 2.48. The van der Waals surface area contributed by atoms with Gasteiger partial charge in [-0.25, -0.2) is 8.42 Å². The summed E-state index contributed by atoms with van der Waals surface area (Å²) in [6, 6.07) is 7.84. The Hall–Kier alpha value is -1.40. The number of sulfone groups is 1. The summed E-state index contributed by atoms with van der Waals surface area (Å²) < 4.78 is 29.5. The number of ether oxygens (including phenoxy) is 1. The Morgan fingerprint density at radius 1 is 1.21 bits per heavy atom. The first-order valence-corrected chi connectivity index (χ1v) is 10.4. The van der Waals surface area contributed by atoms with Crippen molar-refractivity contribution in [3.8, 4) is 0 Å². The summed E-state index contributed by atoms with van der Waals surface area (Å²) in [6.45, 7) is 3.49. The fraction of sp³-hybridized carbons (Fsp3) is 0.611. The molecule has 5 nitrogen and oxygen atoms in total. The van der Waals surface area contributed by atoms with E-state index in [1.54, 1.807) is 4.90 Å². The molecule has 4 rings (SSSR count). The van der Waals surface area contributed by atoms with Crippen LogP contribution in [0.4, 0.5) is 0 Å². The van der Waals surface area contributed by atoms with Crippen molar-refractivity contribution >= 4 is 15.7 Å². The first-order chi connectivity index (χ1) is 11.3. The second-order valence-corrected chi connectivity index (χ2v) is 9.89. The van der Waals surface area contributed by atoms with Gasteiger partial charge in [0.25, 0.3) is 5.91 Å². The number of morpholine rings is 1. The normalized spacial score (nSPS) is 30.5. The summed E-state index contributed by atoms with van der Waals surface area (Å²) in [5, 5.41) is 0. The Kier molecular flexibility index (Phi) is 3.55. The average molecular weight is 349 g/mol. The lowest BCUT2D eigenvalue weighted by Crippen LogP contribution is -2.54. The number of amides is 1. The smallest absolute Gasteiger partial charge is 0.254 e. The zero-order valence-corrected chi connectivity index (χ0v) is 14.8. The fourth-order valence-corrected chi connectivity index (χ4v) is 5.91. The van der Waals surface area contributed by atoms with Crippen LogP contribution in [0.5, 0.6) is 0 Å². The maximum absolute atomic E-state index is 13.1. The molecule has 130 valence electrons. The van der Waals surface area contributed by atoms with E-state index in [-0.39, 0.29) is 22.8 Å². The van der Waals surface area contributed by atoms with E-state index < -0.39 is 15.4 Å². The SMILES string of the molecule is CC1(c2ccccc2C(=O)N2CCOC3(CCS(=O)(=O)C3)C2)CC1. The molecule has 1 spiro atoms. The second-order valence-electron chi connectivity index (χ2n) is 7.71. The summed E-state index contributed by atoms with van der Waals surface area (Å²) in [7, 11) is -3.05. The fourth-order valence-electron chi connectivity index (χ4n) is 3.97. The first-order valence-electron chi connectivity index (χ1n) is 8.56. The van der Waals surface area contributed by atoms with E-state index in [4.69, 9.17) is 4.74 Å². The molecule has 1 saturated carbocycles. The summed E-state index contributed by atoms with van der Waals surface area (Å²) in [6.07, 6.45) is 2.71. The van der Waals surface area contributed by atoms with Crippen LogP contribution in [-0.4, -0.2) is 56.0 Å². The maximum Gasteiger partial charge on any atom is 0.254 e. The Balaban J connectivity index is 1.60. The summed E-state index contributed by atoms with van der Waals surface area (Å²) in [5.41, 5.74) is 1.29. The minimum atomic E-state index is -3.05. The summed E-state index contributed by atoms with van der Waals surface area (Å²) in [4.78, 5) is 14.9. The maximum atomic E-state index is 13.1. The molecule has 0 aromatic heterocycles. The highest BCUT2D eigenvalue weighted by atomic mass is 32.2. The molecule has 2 saturated heterocycles. The van der Waals surface area contributed by atoms with Crippen LogP contribution in [0.25, 0.3) is 0 Å². The van der Waals surface area contributed by atoms with Crippen molar-refractivity contribution in [2.24, 2.45) is 0 Å². The lowest BCUT2D eigenvalue weighted by molar-refractivity contribution is -0.0830. The van der Waals surface area contributed by atoms with Crippen LogP contribution in [0.15, 0.2) is 24.3 Å². The van der Waals surface area contributed by atoms with E-state index in [0.717, 1.165) is 24.0 Å². The van der Waals surface area contributed by atoms with Gasteiger partial charge in [-0.15, -0.1) is 0 Å². The predicted octanol–water partition coefficient (Wildman–Crippen LogP) is 1.77. The van der Waals surface area contributed by atoms with E-state index >= 15 is 0 Å². The van der Waals surface area contributed by atoms with Crippen LogP contribution in [-0.2, 0) is 20.0 Å². The quantitative estimate of drug-likeness (QED) is 0.816. The van der Waals surface area contributed by atoms with Crippen LogP contribution in [0.3, 0.4) is 0 Å². The van der Waals surface area contributed by atoms with Crippen LogP contribution < -0.4 is 0 Å². The van der Waals surface area contributed by atoms with Gasteiger partial charge < -0.3 is 9.64 Å². The van der Waals surface area contributed by atoms with E-state index in [1.165, 1.54) is 0 Å². The van der Waals surface area contributed by atoms with E-state index in [1.807, 2.05) is 18.2 Å². The molecule has 2 heterocycles. The average Bonchev–Trinajstić information content (AvgIpc) is 3.24. The topological polar surface area (TPSA) is 63.7 Å². The van der Waals surface area contributed by atoms with Gasteiger partial charge in [-0.05, 0) is 36.3 Å². The monoisotopic (exact) mass is 349 g/mol. The van der Waals surface area contributed by atoms with Crippen molar-refractivity contribution in [1.82, 2.24) is 4.90 Å². The van der Waals surface area contributed by atoms with Gasteiger partial charge in [-0.1, -0.05) is 25.1 Å². The molecule has 3 fully saturated rings. The highest BCUT2D eigenvalue weighted by molar-refractivity contribution is 7.91. The van der Waals surface area contributed by atoms with Crippen molar-refractivity contribution in [3.05, 3.63) is 35.4 Å². The molecule has 1 aliphatic carbocycles. The Bertz CT molecular complexity index is 784. The number of benzene rings is 1. The first kappa shape index (κ1) is 16.1. The molecule has 24 heavy (non-hydrogen) atoms. The zero-order chi connectivity index (χ0) is 17.0. The van der Waals surface area contributed by atoms with Gasteiger partial charge in [0.15, 0.2) is 9.84 Å². The van der Waals surface area contributed by atoms with Gasteiger partial charge in [0.2, 0.25) is 0 Å². The lowest BCUT2D eigenvalue weighted by Gasteiger charge is -2.40. The highest BCUT2D eigenvalue weighted by Crippen LogP contribution is 2.49. The van der Waals surface area contributed by atoms with Gasteiger partial charge in [-0.3, -0.25) is 4.79 Å². The predicted molar refractivity (Wildman–Crippen MR) is 90.9 cm³/mol. The summed E-state index contributed by atoms with van der Waals surface area (Å²) in [5.74, 6) is 0.193. The molecule has 2 aliphatic heterocycles. The van der Waals surface area contributed by atoms with Crippen molar-refractivity contribution in [1.29, 1.82) is 0 Å². The number of carbonyl (C=O) groups excluding carboxylic acids is 1. The van der Waals surface area contributed by atoms with Crippen LogP contribution in [0.1, 0.15) is 42.1 Å². The molecule has 1 aromatic rings. The molecule has 3 aliphatic rings. The van der Waals surface area contributed by atoms with Crippen molar-refractivity contribution < 1.29 is 17.9 Å². The zero-order valence-electron chi connectivity index (χ0n) is 14.0. The van der Waals surface area contributed by atoms with E-state index in [9.17, 15) is 13.2 Å². The molecular weight excluding hydrogens is 326 g/mol. The van der Waals surface area contributed by atoms with Gasteiger partial charge in [0, 0.05) is 12.1 Å². The molecule has 0 N–H and O–H groups in total. The third-order valence-corrected chi connectivity index (χ3v) is 7.49. The molecule has 1 amide bonds. The molecule has 0 bridgehead atoms. The van der Waals surface area contributed by atoms with E-state index in [2.05, 4.69) is 13.0 Å². The van der Waals surface area contributed by atoms with Crippen LogP contribution in [0.2, 0.25) is 0 Å². The third-order valence-electron chi connectivity index (χ3n) is 5.70. The minimum Gasteiger partial charge on any atom is -0.370 e. The van der Waals surface area contributed by atoms with Gasteiger partial charge in [-0.2, -0.15) is 0 Å². The largest absolute Gasteiger partial charge is 0.370 e. The molecule has 1 aromatic carbocycles. The molecule has 1 atom stereocenters. The molecule has 6 heteroatoms. The van der Waals surface area contributed by atoms with Gasteiger partial charge in [0.1, 0.15) is 5.60 Å². The van der Waals surface area contributed by atoms with Crippen molar-refractivity contribution in [3.63, 3.8) is 0 Å². The molecular formula is C18H23NO4S. The summed E-state index contributed by atoms with van der Waals surface area (Å²) >= 11 is 0. The number of rotatable bonds is 2. The van der Waals surface area contributed by atoms with Gasteiger partial charge in [0.05, 0.1) is 24.7 Å². The number of hydrogen-bond acceptors (Lipinski definition) is 4. The van der Waals surface area contributed by atoms with Crippen molar-refractivity contribution in [2.45, 2.75) is 37.2 Å². The second kappa shape index (κ2) is 5.30.